The molecule has 1 aromatic heterocycles. The number of hydrogen-bond acceptors (Lipinski definition) is 4. The molecule has 0 fully saturated rings. The summed E-state index contributed by atoms with van der Waals surface area (Å²) in [5, 5.41) is 0. The van der Waals surface area contributed by atoms with Gasteiger partial charge in [0.05, 0.1) is 26.5 Å². The van der Waals surface area contributed by atoms with Crippen molar-refractivity contribution in [3.63, 3.8) is 0 Å². The van der Waals surface area contributed by atoms with Crippen LogP contribution in [-0.4, -0.2) is 29.7 Å². The average molecular weight is 363 g/mol. The van der Waals surface area contributed by atoms with E-state index in [0.29, 0.717) is 19.0 Å². The molecular weight excluding hydrogens is 342 g/mol. The van der Waals surface area contributed by atoms with E-state index in [1.807, 2.05) is 60.0 Å². The molecule has 3 aromatic rings. The fourth-order valence-corrected chi connectivity index (χ4v) is 3.34. The molecule has 0 aliphatic carbocycles. The predicted octanol–water partition coefficient (Wildman–Crippen LogP) is 3.42. The van der Waals surface area contributed by atoms with Crippen LogP contribution in [0.5, 0.6) is 11.5 Å². The molecule has 0 N–H and O–H groups in total. The van der Waals surface area contributed by atoms with Gasteiger partial charge in [0.2, 0.25) is 11.9 Å². The van der Waals surface area contributed by atoms with Gasteiger partial charge in [0.1, 0.15) is 18.0 Å². The minimum absolute atomic E-state index is 0.0534. The summed E-state index contributed by atoms with van der Waals surface area (Å²) in [5.41, 5.74) is 3.91. The van der Waals surface area contributed by atoms with E-state index in [1.165, 1.54) is 0 Å². The number of carbonyl (C=O) groups excluding carboxylic acids is 1. The summed E-state index contributed by atoms with van der Waals surface area (Å²) >= 11 is 0. The van der Waals surface area contributed by atoms with Crippen LogP contribution in [0.3, 0.4) is 0 Å². The van der Waals surface area contributed by atoms with E-state index in [0.717, 1.165) is 34.0 Å². The van der Waals surface area contributed by atoms with Crippen LogP contribution < -0.4 is 14.4 Å². The third kappa shape index (κ3) is 3.03. The van der Waals surface area contributed by atoms with E-state index in [-0.39, 0.29) is 5.91 Å². The number of fused-ring (bicyclic) bond motifs is 1. The van der Waals surface area contributed by atoms with E-state index < -0.39 is 0 Å². The highest BCUT2D eigenvalue weighted by Crippen LogP contribution is 2.33. The Bertz CT molecular complexity index is 975. The number of anilines is 1. The third-order valence-corrected chi connectivity index (χ3v) is 4.90. The summed E-state index contributed by atoms with van der Waals surface area (Å²) in [5.74, 6) is 2.35. The Morgan fingerprint density at radius 2 is 1.56 bits per heavy atom. The van der Waals surface area contributed by atoms with Crippen molar-refractivity contribution in [1.29, 1.82) is 0 Å². The fourth-order valence-electron chi connectivity index (χ4n) is 3.34. The summed E-state index contributed by atoms with van der Waals surface area (Å²) in [7, 11) is 3.29. The first-order chi connectivity index (χ1) is 13.1. The molecule has 0 bridgehead atoms. The highest BCUT2D eigenvalue weighted by Gasteiger charge is 2.32. The third-order valence-electron chi connectivity index (χ3n) is 4.90. The van der Waals surface area contributed by atoms with Crippen molar-refractivity contribution in [2.75, 3.05) is 19.1 Å². The first-order valence-corrected chi connectivity index (χ1v) is 8.75. The molecule has 4 rings (SSSR count). The molecule has 2 heterocycles. The summed E-state index contributed by atoms with van der Waals surface area (Å²) in [6.07, 6.45) is 0. The van der Waals surface area contributed by atoms with Gasteiger partial charge in [-0.3, -0.25) is 9.69 Å². The Kier molecular flexibility index (Phi) is 4.32. The predicted molar refractivity (Wildman–Crippen MR) is 103 cm³/mol. The van der Waals surface area contributed by atoms with Gasteiger partial charge in [0.25, 0.3) is 0 Å². The Hall–Kier alpha value is -3.28. The SMILES string of the molecule is COc1ccc(CN2C(=O)Cn3c2nc(-c2ccc(OC)cc2)c3C)cc1. The van der Waals surface area contributed by atoms with E-state index in [4.69, 9.17) is 14.5 Å². The summed E-state index contributed by atoms with van der Waals surface area (Å²) < 4.78 is 12.4. The van der Waals surface area contributed by atoms with Crippen LogP contribution >= 0.6 is 0 Å². The van der Waals surface area contributed by atoms with Gasteiger partial charge in [0, 0.05) is 11.3 Å². The van der Waals surface area contributed by atoms with Crippen molar-refractivity contribution < 1.29 is 14.3 Å². The number of ether oxygens (including phenoxy) is 2. The zero-order valence-electron chi connectivity index (χ0n) is 15.6. The highest BCUT2D eigenvalue weighted by atomic mass is 16.5. The maximum absolute atomic E-state index is 12.5. The Labute approximate surface area is 158 Å². The number of amides is 1. The van der Waals surface area contributed by atoms with Gasteiger partial charge in [-0.2, -0.15) is 0 Å². The van der Waals surface area contributed by atoms with Gasteiger partial charge >= 0.3 is 0 Å². The van der Waals surface area contributed by atoms with Crippen LogP contribution in [0.15, 0.2) is 48.5 Å². The van der Waals surface area contributed by atoms with Crippen LogP contribution in [0.25, 0.3) is 11.3 Å². The number of aromatic nitrogens is 2. The molecule has 0 radical (unpaired) electrons. The molecule has 6 nitrogen and oxygen atoms in total. The van der Waals surface area contributed by atoms with Crippen molar-refractivity contribution in [2.45, 2.75) is 20.0 Å². The molecule has 27 heavy (non-hydrogen) atoms. The van der Waals surface area contributed by atoms with Crippen molar-refractivity contribution >= 4 is 11.9 Å². The topological polar surface area (TPSA) is 56.6 Å². The van der Waals surface area contributed by atoms with Crippen molar-refractivity contribution in [2.24, 2.45) is 0 Å². The van der Waals surface area contributed by atoms with Crippen LogP contribution in [0.2, 0.25) is 0 Å². The standard InChI is InChI=1S/C21H21N3O3/c1-14-20(16-6-10-18(27-3)11-7-16)22-21-23(14)13-19(25)24(21)12-15-4-8-17(26-2)9-5-15/h4-11H,12-13H2,1-3H3. The summed E-state index contributed by atoms with van der Waals surface area (Å²) in [6.45, 7) is 2.81. The lowest BCUT2D eigenvalue weighted by Crippen LogP contribution is -2.26. The number of rotatable bonds is 5. The van der Waals surface area contributed by atoms with Gasteiger partial charge < -0.3 is 14.0 Å². The summed E-state index contributed by atoms with van der Waals surface area (Å²) in [4.78, 5) is 19.0. The number of benzene rings is 2. The molecule has 0 unspecified atom stereocenters. The zero-order valence-corrected chi connectivity index (χ0v) is 15.6. The molecule has 138 valence electrons. The van der Waals surface area contributed by atoms with Crippen LogP contribution in [0.1, 0.15) is 11.3 Å². The molecule has 2 aromatic carbocycles. The largest absolute Gasteiger partial charge is 0.497 e. The van der Waals surface area contributed by atoms with Crippen molar-refractivity contribution in [3.05, 3.63) is 59.8 Å². The Morgan fingerprint density at radius 3 is 2.15 bits per heavy atom. The molecule has 0 saturated carbocycles. The number of carbonyl (C=O) groups is 1. The van der Waals surface area contributed by atoms with Crippen molar-refractivity contribution in [3.8, 4) is 22.8 Å². The Morgan fingerprint density at radius 1 is 0.963 bits per heavy atom. The summed E-state index contributed by atoms with van der Waals surface area (Å²) in [6, 6.07) is 15.5. The van der Waals surface area contributed by atoms with Crippen LogP contribution in [-0.2, 0) is 17.9 Å². The van der Waals surface area contributed by atoms with Gasteiger partial charge in [-0.15, -0.1) is 0 Å². The minimum Gasteiger partial charge on any atom is -0.497 e. The molecule has 0 atom stereocenters. The molecule has 6 heteroatoms. The number of nitrogens with zero attached hydrogens (tertiary/aromatic N) is 3. The van der Waals surface area contributed by atoms with E-state index in [2.05, 4.69) is 0 Å². The molecule has 1 aliphatic heterocycles. The molecule has 1 amide bonds. The number of imidazole rings is 1. The van der Waals surface area contributed by atoms with E-state index in [9.17, 15) is 4.79 Å². The normalized spacial score (nSPS) is 13.0. The lowest BCUT2D eigenvalue weighted by Gasteiger charge is -2.14. The van der Waals surface area contributed by atoms with Gasteiger partial charge in [-0.25, -0.2) is 4.98 Å². The second-order valence-corrected chi connectivity index (χ2v) is 6.49. The smallest absolute Gasteiger partial charge is 0.249 e. The monoisotopic (exact) mass is 363 g/mol. The lowest BCUT2D eigenvalue weighted by atomic mass is 10.1. The van der Waals surface area contributed by atoms with Crippen LogP contribution in [0.4, 0.5) is 5.95 Å². The average Bonchev–Trinajstić information content (AvgIpc) is 3.18. The molecule has 0 spiro atoms. The molecular formula is C21H21N3O3. The minimum atomic E-state index is 0.0534. The number of methoxy groups -OCH3 is 2. The highest BCUT2D eigenvalue weighted by molar-refractivity contribution is 5.96. The Balaban J connectivity index is 1.64. The zero-order chi connectivity index (χ0) is 19.0. The van der Waals surface area contributed by atoms with Gasteiger partial charge in [-0.1, -0.05) is 12.1 Å². The van der Waals surface area contributed by atoms with Gasteiger partial charge in [-0.05, 0) is 48.9 Å². The van der Waals surface area contributed by atoms with E-state index >= 15 is 0 Å². The second-order valence-electron chi connectivity index (χ2n) is 6.49. The quantitative estimate of drug-likeness (QED) is 0.697. The first kappa shape index (κ1) is 17.1. The van der Waals surface area contributed by atoms with E-state index in [1.54, 1.807) is 19.1 Å². The fraction of sp³-hybridized carbons (Fsp3) is 0.238. The maximum Gasteiger partial charge on any atom is 0.249 e. The second kappa shape index (κ2) is 6.79. The lowest BCUT2D eigenvalue weighted by molar-refractivity contribution is -0.118. The maximum atomic E-state index is 12.5. The van der Waals surface area contributed by atoms with Gasteiger partial charge in [0.15, 0.2) is 0 Å². The van der Waals surface area contributed by atoms with Crippen molar-refractivity contribution in [1.82, 2.24) is 9.55 Å². The molecule has 1 aliphatic rings. The molecule has 0 saturated heterocycles. The first-order valence-electron chi connectivity index (χ1n) is 8.75. The number of hydrogen-bond donors (Lipinski definition) is 0. The van der Waals surface area contributed by atoms with Crippen LogP contribution in [0, 0.1) is 6.92 Å².